The lowest BCUT2D eigenvalue weighted by Crippen LogP contribution is -2.25. The summed E-state index contributed by atoms with van der Waals surface area (Å²) in [4.78, 5) is 15.6. The van der Waals surface area contributed by atoms with Crippen molar-refractivity contribution >= 4 is 23.1 Å². The van der Waals surface area contributed by atoms with Crippen molar-refractivity contribution in [3.8, 4) is 5.75 Å². The topological polar surface area (TPSA) is 49.7 Å². The summed E-state index contributed by atoms with van der Waals surface area (Å²) in [5.74, 6) is -0.914. The summed E-state index contributed by atoms with van der Waals surface area (Å²) in [5.41, 5.74) is -0.720. The van der Waals surface area contributed by atoms with Gasteiger partial charge in [-0.1, -0.05) is 17.7 Å². The number of hydrogen-bond acceptors (Lipinski definition) is 2. The van der Waals surface area contributed by atoms with E-state index in [0.29, 0.717) is 0 Å². The molecular weight excluding hydrogens is 319 g/mol. The van der Waals surface area contributed by atoms with Crippen LogP contribution in [0.15, 0.2) is 41.4 Å². The smallest absolute Gasteiger partial charge is 0.416 e. The lowest BCUT2D eigenvalue weighted by molar-refractivity contribution is -0.137. The fourth-order valence-electron chi connectivity index (χ4n) is 2.26. The van der Waals surface area contributed by atoms with Gasteiger partial charge in [0.25, 0.3) is 5.91 Å². The summed E-state index contributed by atoms with van der Waals surface area (Å²) in [7, 11) is 0. The lowest BCUT2D eigenvalue weighted by Gasteiger charge is -2.06. The van der Waals surface area contributed by atoms with E-state index < -0.39 is 17.6 Å². The van der Waals surface area contributed by atoms with Gasteiger partial charge in [0.05, 0.1) is 16.5 Å². The number of rotatable bonds is 1. The van der Waals surface area contributed by atoms with Crippen molar-refractivity contribution < 1.29 is 23.1 Å². The quantitative estimate of drug-likeness (QED) is 0.875. The maximum Gasteiger partial charge on any atom is 0.416 e. The minimum Gasteiger partial charge on any atom is -0.507 e. The molecule has 1 heterocycles. The molecule has 1 amide bonds. The van der Waals surface area contributed by atoms with Crippen LogP contribution >= 0.6 is 11.6 Å². The van der Waals surface area contributed by atoms with Crippen LogP contribution < -0.4 is 10.6 Å². The number of fused-ring (bicyclic) bond motifs is 1. The molecule has 0 bridgehead atoms. The number of amides is 1. The first-order valence-corrected chi connectivity index (χ1v) is 6.48. The number of carbonyl (C=O) groups is 1. The van der Waals surface area contributed by atoms with Crippen LogP contribution in [0.5, 0.6) is 5.75 Å². The van der Waals surface area contributed by atoms with Crippen molar-refractivity contribution in [1.82, 2.24) is 0 Å². The first-order valence-electron chi connectivity index (χ1n) is 6.11. The Hall–Kier alpha value is -2.34. The Morgan fingerprint density at radius 2 is 1.82 bits per heavy atom. The Kier molecular flexibility index (Phi) is 3.21. The highest BCUT2D eigenvalue weighted by Gasteiger charge is 2.31. The maximum atomic E-state index is 12.7. The standard InChI is InChI=1S/C15H7ClF3NO2/c16-8-2-4-12(21)10(6-8)13-9-3-1-7(15(17,18)19)5-11(9)20-14(13)22/h1-6,21H. The van der Waals surface area contributed by atoms with Crippen molar-refractivity contribution in [3.63, 3.8) is 0 Å². The molecule has 2 aromatic rings. The second kappa shape index (κ2) is 4.84. The molecule has 0 saturated heterocycles. The van der Waals surface area contributed by atoms with Crippen molar-refractivity contribution in [3.05, 3.63) is 63.1 Å². The molecule has 7 heteroatoms. The third kappa shape index (κ3) is 2.35. The molecule has 0 saturated carbocycles. The lowest BCUT2D eigenvalue weighted by atomic mass is 10.0. The second-order valence-electron chi connectivity index (χ2n) is 4.68. The van der Waals surface area contributed by atoms with E-state index in [2.05, 4.69) is 4.99 Å². The normalized spacial score (nSPS) is 14.0. The SMILES string of the molecule is O=C1N=c2cc(C(F)(F)F)ccc2=C1c1cc(Cl)ccc1O. The molecule has 3 rings (SSSR count). The van der Waals surface area contributed by atoms with Crippen LogP contribution in [0.4, 0.5) is 13.2 Å². The van der Waals surface area contributed by atoms with Crippen LogP contribution in [0.1, 0.15) is 11.1 Å². The minimum absolute atomic E-state index is 0.0312. The van der Waals surface area contributed by atoms with Crippen molar-refractivity contribution in [2.24, 2.45) is 4.99 Å². The van der Waals surface area contributed by atoms with Crippen molar-refractivity contribution in [1.29, 1.82) is 0 Å². The number of benzene rings is 2. The number of nitrogens with zero attached hydrogens (tertiary/aromatic N) is 1. The summed E-state index contributed by atoms with van der Waals surface area (Å²) in [6.07, 6.45) is -4.52. The molecule has 2 aromatic carbocycles. The molecule has 22 heavy (non-hydrogen) atoms. The molecule has 1 aliphatic heterocycles. The van der Waals surface area contributed by atoms with Gasteiger partial charge >= 0.3 is 6.18 Å². The first-order chi connectivity index (χ1) is 10.3. The van der Waals surface area contributed by atoms with Gasteiger partial charge < -0.3 is 5.11 Å². The Bertz CT molecular complexity index is 919. The average Bonchev–Trinajstić information content (AvgIpc) is 2.75. The molecule has 112 valence electrons. The third-order valence-electron chi connectivity index (χ3n) is 3.26. The van der Waals surface area contributed by atoms with Crippen LogP contribution in [0, 0.1) is 0 Å². The Balaban J connectivity index is 2.31. The fraction of sp³-hybridized carbons (Fsp3) is 0.0667. The zero-order valence-electron chi connectivity index (χ0n) is 10.8. The summed E-state index contributed by atoms with van der Waals surface area (Å²) in [6, 6.07) is 6.95. The molecule has 0 spiro atoms. The molecule has 3 nitrogen and oxygen atoms in total. The van der Waals surface area contributed by atoms with Crippen LogP contribution in [-0.2, 0) is 11.0 Å². The Morgan fingerprint density at radius 3 is 2.50 bits per heavy atom. The predicted octanol–water partition coefficient (Wildman–Crippen LogP) is 2.42. The van der Waals surface area contributed by atoms with Crippen molar-refractivity contribution in [2.45, 2.75) is 6.18 Å². The zero-order valence-corrected chi connectivity index (χ0v) is 11.5. The number of phenolic OH excluding ortho intramolecular Hbond substituents is 1. The zero-order chi connectivity index (χ0) is 16.1. The van der Waals surface area contributed by atoms with Gasteiger partial charge in [-0.3, -0.25) is 4.79 Å². The minimum atomic E-state index is -4.52. The van der Waals surface area contributed by atoms with E-state index in [9.17, 15) is 23.1 Å². The maximum absolute atomic E-state index is 12.7. The van der Waals surface area contributed by atoms with Gasteiger partial charge in [-0.2, -0.15) is 13.2 Å². The summed E-state index contributed by atoms with van der Waals surface area (Å²) < 4.78 is 38.1. The van der Waals surface area contributed by atoms with E-state index in [4.69, 9.17) is 11.6 Å². The van der Waals surface area contributed by atoms with Crippen LogP contribution in [0.2, 0.25) is 5.02 Å². The first kappa shape index (κ1) is 14.6. The van der Waals surface area contributed by atoms with E-state index in [1.807, 2.05) is 0 Å². The fourth-order valence-corrected chi connectivity index (χ4v) is 2.43. The third-order valence-corrected chi connectivity index (χ3v) is 3.49. The van der Waals surface area contributed by atoms with Gasteiger partial charge in [-0.25, -0.2) is 4.99 Å². The monoisotopic (exact) mass is 325 g/mol. The molecule has 1 aliphatic rings. The van der Waals surface area contributed by atoms with Crippen LogP contribution in [0.25, 0.3) is 5.57 Å². The molecule has 0 radical (unpaired) electrons. The molecule has 1 N–H and O–H groups in total. The second-order valence-corrected chi connectivity index (χ2v) is 5.12. The highest BCUT2D eigenvalue weighted by Crippen LogP contribution is 2.30. The van der Waals surface area contributed by atoms with Gasteiger partial charge in [-0.05, 0) is 30.3 Å². The number of halogens is 4. The number of aromatic hydroxyl groups is 1. The van der Waals surface area contributed by atoms with Gasteiger partial charge in [0.1, 0.15) is 5.75 Å². The highest BCUT2D eigenvalue weighted by molar-refractivity contribution is 6.31. The average molecular weight is 326 g/mol. The molecule has 0 aromatic heterocycles. The van der Waals surface area contributed by atoms with E-state index in [1.54, 1.807) is 0 Å². The van der Waals surface area contributed by atoms with Gasteiger partial charge in [0, 0.05) is 15.8 Å². The van der Waals surface area contributed by atoms with Crippen LogP contribution in [-0.4, -0.2) is 11.0 Å². The summed E-state index contributed by atoms with van der Waals surface area (Å²) in [5, 5.41) is 10.3. The molecule has 0 fully saturated rings. The van der Waals surface area contributed by atoms with Crippen molar-refractivity contribution in [2.75, 3.05) is 0 Å². The number of hydrogen-bond donors (Lipinski definition) is 1. The number of carbonyl (C=O) groups excluding carboxylic acids is 1. The molecule has 0 atom stereocenters. The highest BCUT2D eigenvalue weighted by atomic mass is 35.5. The Labute approximate surface area is 127 Å². The van der Waals surface area contributed by atoms with E-state index in [0.717, 1.165) is 12.1 Å². The van der Waals surface area contributed by atoms with Crippen LogP contribution in [0.3, 0.4) is 0 Å². The van der Waals surface area contributed by atoms with Gasteiger partial charge in [0.2, 0.25) is 0 Å². The Morgan fingerprint density at radius 1 is 1.09 bits per heavy atom. The molecular formula is C15H7ClF3NO2. The van der Waals surface area contributed by atoms with Gasteiger partial charge in [-0.15, -0.1) is 0 Å². The number of alkyl halides is 3. The largest absolute Gasteiger partial charge is 0.507 e. The van der Waals surface area contributed by atoms with E-state index in [1.165, 1.54) is 24.3 Å². The van der Waals surface area contributed by atoms with E-state index >= 15 is 0 Å². The molecule has 0 aliphatic carbocycles. The van der Waals surface area contributed by atoms with Gasteiger partial charge in [0.15, 0.2) is 0 Å². The summed E-state index contributed by atoms with van der Waals surface area (Å²) >= 11 is 5.84. The molecule has 0 unspecified atom stereocenters. The predicted molar refractivity (Wildman–Crippen MR) is 72.9 cm³/mol. The number of phenols is 1. The van der Waals surface area contributed by atoms with E-state index in [-0.39, 0.29) is 32.5 Å². The summed E-state index contributed by atoms with van der Waals surface area (Å²) in [6.45, 7) is 0.